The maximum Gasteiger partial charge on any atom is 0.217 e. The number of nitrogens with one attached hydrogen (secondary N) is 1. The Hall–Kier alpha value is -2.93. The topological polar surface area (TPSA) is 68.0 Å². The van der Waals surface area contributed by atoms with Crippen LogP contribution in [0.3, 0.4) is 0 Å². The van der Waals surface area contributed by atoms with Crippen molar-refractivity contribution in [3.05, 3.63) is 72.3 Å². The number of benzene rings is 1. The molecule has 0 radical (unpaired) electrons. The first-order valence-corrected chi connectivity index (χ1v) is 9.61. The quantitative estimate of drug-likeness (QED) is 0.710. The lowest BCUT2D eigenvalue weighted by Gasteiger charge is -2.18. The zero-order valence-corrected chi connectivity index (χ0v) is 16.3. The summed E-state index contributed by atoms with van der Waals surface area (Å²) in [6.45, 7) is 4.76. The van der Waals surface area contributed by atoms with Gasteiger partial charge in [0.2, 0.25) is 5.91 Å². The number of rotatable bonds is 6. The number of aromatic nitrogens is 4. The van der Waals surface area contributed by atoms with Gasteiger partial charge >= 0.3 is 0 Å². The van der Waals surface area contributed by atoms with Crippen LogP contribution in [0.2, 0.25) is 0 Å². The van der Waals surface area contributed by atoms with Crippen LogP contribution in [-0.2, 0) is 24.9 Å². The lowest BCUT2D eigenvalue weighted by molar-refractivity contribution is -0.119. The fraction of sp³-hybridized carbons (Fsp3) is 0.381. The van der Waals surface area contributed by atoms with E-state index in [0.29, 0.717) is 0 Å². The SMILES string of the molecule is CC(=O)N[C@@H]1CN(Cc2nccn2Cc2ccccc2)C[C@H]1c1nccn1C. The Morgan fingerprint density at radius 1 is 1.11 bits per heavy atom. The number of carbonyl (C=O) groups is 1. The average molecular weight is 378 g/mol. The molecule has 1 amide bonds. The molecule has 1 saturated heterocycles. The molecule has 1 N–H and O–H groups in total. The molecule has 1 aliphatic heterocycles. The second kappa shape index (κ2) is 7.98. The van der Waals surface area contributed by atoms with E-state index < -0.39 is 0 Å². The molecule has 1 aliphatic rings. The van der Waals surface area contributed by atoms with Crippen molar-refractivity contribution in [2.24, 2.45) is 7.05 Å². The van der Waals surface area contributed by atoms with Crippen LogP contribution in [-0.4, -0.2) is 49.0 Å². The number of hydrogen-bond acceptors (Lipinski definition) is 4. The van der Waals surface area contributed by atoms with Crippen molar-refractivity contribution >= 4 is 5.91 Å². The number of imidazole rings is 2. The summed E-state index contributed by atoms with van der Waals surface area (Å²) >= 11 is 0. The molecule has 3 aromatic rings. The molecule has 0 bridgehead atoms. The second-order valence-electron chi connectivity index (χ2n) is 7.46. The van der Waals surface area contributed by atoms with Gasteiger partial charge in [-0.25, -0.2) is 9.97 Å². The number of likely N-dealkylation sites (tertiary alicyclic amines) is 1. The van der Waals surface area contributed by atoms with Gasteiger partial charge in [0.25, 0.3) is 0 Å². The van der Waals surface area contributed by atoms with E-state index in [4.69, 9.17) is 0 Å². The standard InChI is InChI=1S/C21H26N6O/c1-16(28)24-19-14-26(13-18(19)21-23-8-10-25(21)2)15-20-22-9-11-27(20)12-17-6-4-3-5-7-17/h3-11,18-19H,12-15H2,1-2H3,(H,24,28)/t18-,19-/m1/s1. The van der Waals surface area contributed by atoms with Gasteiger partial charge < -0.3 is 14.5 Å². The molecule has 146 valence electrons. The second-order valence-corrected chi connectivity index (χ2v) is 7.46. The van der Waals surface area contributed by atoms with Crippen LogP contribution in [0, 0.1) is 0 Å². The van der Waals surface area contributed by atoms with Crippen molar-refractivity contribution in [1.29, 1.82) is 0 Å². The highest BCUT2D eigenvalue weighted by molar-refractivity contribution is 5.73. The highest BCUT2D eigenvalue weighted by atomic mass is 16.1. The highest BCUT2D eigenvalue weighted by Gasteiger charge is 2.36. The number of hydrogen-bond donors (Lipinski definition) is 1. The van der Waals surface area contributed by atoms with Crippen molar-refractivity contribution < 1.29 is 4.79 Å². The molecule has 1 aromatic carbocycles. The predicted molar refractivity (Wildman–Crippen MR) is 107 cm³/mol. The number of aryl methyl sites for hydroxylation is 1. The molecule has 0 spiro atoms. The fourth-order valence-corrected chi connectivity index (χ4v) is 4.03. The Morgan fingerprint density at radius 2 is 1.89 bits per heavy atom. The minimum Gasteiger partial charge on any atom is -0.352 e. The van der Waals surface area contributed by atoms with Crippen molar-refractivity contribution in [1.82, 2.24) is 29.3 Å². The first kappa shape index (κ1) is 18.4. The van der Waals surface area contributed by atoms with Gasteiger partial charge in [-0.15, -0.1) is 0 Å². The van der Waals surface area contributed by atoms with Crippen LogP contribution >= 0.6 is 0 Å². The molecule has 1 fully saturated rings. The third-order valence-electron chi connectivity index (χ3n) is 5.34. The van der Waals surface area contributed by atoms with E-state index in [2.05, 4.69) is 49.0 Å². The molecule has 7 heteroatoms. The molecule has 28 heavy (non-hydrogen) atoms. The van der Waals surface area contributed by atoms with E-state index in [0.717, 1.165) is 37.8 Å². The Balaban J connectivity index is 1.49. The maximum absolute atomic E-state index is 11.7. The van der Waals surface area contributed by atoms with Gasteiger partial charge in [0.15, 0.2) is 0 Å². The van der Waals surface area contributed by atoms with E-state index in [1.54, 1.807) is 6.92 Å². The summed E-state index contributed by atoms with van der Waals surface area (Å²) < 4.78 is 4.23. The van der Waals surface area contributed by atoms with Crippen LogP contribution in [0.15, 0.2) is 55.1 Å². The summed E-state index contributed by atoms with van der Waals surface area (Å²) in [6.07, 6.45) is 7.65. The van der Waals surface area contributed by atoms with E-state index in [1.807, 2.05) is 42.5 Å². The van der Waals surface area contributed by atoms with Gasteiger partial charge in [-0.2, -0.15) is 0 Å². The van der Waals surface area contributed by atoms with Crippen molar-refractivity contribution in [2.75, 3.05) is 13.1 Å². The molecule has 4 rings (SSSR count). The smallest absolute Gasteiger partial charge is 0.217 e. The highest BCUT2D eigenvalue weighted by Crippen LogP contribution is 2.27. The Bertz CT molecular complexity index is 931. The monoisotopic (exact) mass is 378 g/mol. The Morgan fingerprint density at radius 3 is 2.61 bits per heavy atom. The van der Waals surface area contributed by atoms with Gasteiger partial charge in [-0.05, 0) is 5.56 Å². The lowest BCUT2D eigenvalue weighted by Crippen LogP contribution is -2.39. The zero-order valence-electron chi connectivity index (χ0n) is 16.3. The summed E-state index contributed by atoms with van der Waals surface area (Å²) in [4.78, 5) is 23.2. The predicted octanol–water partition coefficient (Wildman–Crippen LogP) is 1.77. The first-order chi connectivity index (χ1) is 13.6. The molecule has 0 aliphatic carbocycles. The van der Waals surface area contributed by atoms with Gasteiger partial charge in [0, 0.05) is 58.4 Å². The Kier molecular flexibility index (Phi) is 5.25. The van der Waals surface area contributed by atoms with Gasteiger partial charge in [-0.1, -0.05) is 30.3 Å². The largest absolute Gasteiger partial charge is 0.352 e. The molecule has 0 saturated carbocycles. The third kappa shape index (κ3) is 3.99. The third-order valence-corrected chi connectivity index (χ3v) is 5.34. The van der Waals surface area contributed by atoms with Crippen LogP contribution in [0.25, 0.3) is 0 Å². The van der Waals surface area contributed by atoms with Gasteiger partial charge in [-0.3, -0.25) is 9.69 Å². The lowest BCUT2D eigenvalue weighted by atomic mass is 10.0. The Labute approximate surface area is 165 Å². The number of carbonyl (C=O) groups excluding carboxylic acids is 1. The molecular weight excluding hydrogens is 352 g/mol. The fourth-order valence-electron chi connectivity index (χ4n) is 4.03. The normalized spacial score (nSPS) is 19.8. The van der Waals surface area contributed by atoms with Crippen LogP contribution in [0.5, 0.6) is 0 Å². The molecular formula is C21H26N6O. The van der Waals surface area contributed by atoms with E-state index in [9.17, 15) is 4.79 Å². The van der Waals surface area contributed by atoms with Crippen molar-refractivity contribution in [3.8, 4) is 0 Å². The number of nitrogens with zero attached hydrogens (tertiary/aromatic N) is 5. The van der Waals surface area contributed by atoms with Crippen molar-refractivity contribution in [3.63, 3.8) is 0 Å². The first-order valence-electron chi connectivity index (χ1n) is 9.61. The molecule has 3 heterocycles. The van der Waals surface area contributed by atoms with Crippen LogP contribution in [0.4, 0.5) is 0 Å². The molecule has 2 atom stereocenters. The summed E-state index contributed by atoms with van der Waals surface area (Å²) in [6, 6.07) is 10.5. The molecule has 2 aromatic heterocycles. The molecule has 0 unspecified atom stereocenters. The zero-order chi connectivity index (χ0) is 19.5. The summed E-state index contributed by atoms with van der Waals surface area (Å²) in [5.74, 6) is 2.21. The maximum atomic E-state index is 11.7. The minimum absolute atomic E-state index is 0.00311. The van der Waals surface area contributed by atoms with E-state index in [1.165, 1.54) is 5.56 Å². The van der Waals surface area contributed by atoms with E-state index >= 15 is 0 Å². The summed E-state index contributed by atoms with van der Waals surface area (Å²) in [5.41, 5.74) is 1.25. The van der Waals surface area contributed by atoms with Crippen LogP contribution in [0.1, 0.15) is 30.1 Å². The summed E-state index contributed by atoms with van der Waals surface area (Å²) in [5, 5.41) is 3.11. The summed E-state index contributed by atoms with van der Waals surface area (Å²) in [7, 11) is 2.00. The van der Waals surface area contributed by atoms with Crippen LogP contribution < -0.4 is 5.32 Å². The van der Waals surface area contributed by atoms with Crippen molar-refractivity contribution in [2.45, 2.75) is 32.0 Å². The van der Waals surface area contributed by atoms with E-state index in [-0.39, 0.29) is 17.9 Å². The van der Waals surface area contributed by atoms with Gasteiger partial charge in [0.1, 0.15) is 11.6 Å². The molecule has 7 nitrogen and oxygen atoms in total. The minimum atomic E-state index is -0.00311. The average Bonchev–Trinajstić information content (AvgIpc) is 3.37. The number of amides is 1. The van der Waals surface area contributed by atoms with Gasteiger partial charge in [0.05, 0.1) is 18.5 Å².